The third-order valence-corrected chi connectivity index (χ3v) is 4.41. The Bertz CT molecular complexity index is 820. The smallest absolute Gasteiger partial charge is 0.272 e. The number of carbonyl (C=O) groups is 2. The summed E-state index contributed by atoms with van der Waals surface area (Å²) in [6, 6.07) is 11.9. The van der Waals surface area contributed by atoms with E-state index in [4.69, 9.17) is 23.2 Å². The second-order valence-electron chi connectivity index (χ2n) is 5.15. The summed E-state index contributed by atoms with van der Waals surface area (Å²) in [5.41, 5.74) is 3.94. The molecule has 25 heavy (non-hydrogen) atoms. The highest BCUT2D eigenvalue weighted by Gasteiger charge is 2.10. The van der Waals surface area contributed by atoms with Gasteiger partial charge in [-0.3, -0.25) is 9.59 Å². The average molecular weight is 490 g/mol. The van der Waals surface area contributed by atoms with Crippen LogP contribution in [0.5, 0.6) is 0 Å². The van der Waals surface area contributed by atoms with E-state index in [0.29, 0.717) is 27.0 Å². The predicted octanol–water partition coefficient (Wildman–Crippen LogP) is 4.73. The zero-order valence-corrected chi connectivity index (χ0v) is 16.8. The largest absolute Gasteiger partial charge is 0.326 e. The number of hydrogen-bond donors (Lipinski definition) is 2. The lowest BCUT2D eigenvalue weighted by Crippen LogP contribution is -2.22. The van der Waals surface area contributed by atoms with Gasteiger partial charge in [0.15, 0.2) is 0 Å². The van der Waals surface area contributed by atoms with Crippen molar-refractivity contribution in [3.05, 3.63) is 61.6 Å². The van der Waals surface area contributed by atoms with Crippen LogP contribution in [0.25, 0.3) is 0 Å². The van der Waals surface area contributed by atoms with E-state index in [9.17, 15) is 9.59 Å². The quantitative estimate of drug-likeness (QED) is 0.362. The Morgan fingerprint density at radius 2 is 1.76 bits per heavy atom. The first-order valence-corrected chi connectivity index (χ1v) is 9.02. The minimum Gasteiger partial charge on any atom is -0.326 e. The van der Waals surface area contributed by atoms with E-state index < -0.39 is 0 Å². The predicted molar refractivity (Wildman–Crippen MR) is 109 cm³/mol. The van der Waals surface area contributed by atoms with E-state index in [1.807, 2.05) is 12.1 Å². The lowest BCUT2D eigenvalue weighted by Gasteiger charge is -2.07. The molecular weight excluding hydrogens is 476 g/mol. The van der Waals surface area contributed by atoms with Crippen LogP contribution in [-0.4, -0.2) is 17.5 Å². The maximum absolute atomic E-state index is 12.1. The van der Waals surface area contributed by atoms with Gasteiger partial charge in [-0.05, 0) is 59.8 Å². The van der Waals surface area contributed by atoms with Crippen molar-refractivity contribution in [2.75, 3.05) is 5.32 Å². The summed E-state index contributed by atoms with van der Waals surface area (Å²) < 4.78 is 0.820. The van der Waals surface area contributed by atoms with Gasteiger partial charge in [0, 0.05) is 25.0 Å². The maximum Gasteiger partial charge on any atom is 0.272 e. The van der Waals surface area contributed by atoms with Crippen LogP contribution in [0.2, 0.25) is 10.0 Å². The van der Waals surface area contributed by atoms with Crippen LogP contribution in [0.3, 0.4) is 0 Å². The molecule has 0 radical (unpaired) electrons. The molecule has 0 aliphatic heterocycles. The number of rotatable bonds is 5. The van der Waals surface area contributed by atoms with E-state index in [2.05, 4.69) is 38.4 Å². The Morgan fingerprint density at radius 1 is 1.12 bits per heavy atom. The first-order chi connectivity index (χ1) is 11.8. The molecule has 0 saturated heterocycles. The molecule has 0 spiro atoms. The molecule has 0 aliphatic carbocycles. The van der Waals surface area contributed by atoms with Crippen molar-refractivity contribution in [2.45, 2.75) is 13.3 Å². The van der Waals surface area contributed by atoms with Crippen LogP contribution < -0.4 is 10.7 Å². The van der Waals surface area contributed by atoms with Crippen LogP contribution >= 0.6 is 45.8 Å². The van der Waals surface area contributed by atoms with E-state index >= 15 is 0 Å². The van der Waals surface area contributed by atoms with Crippen LogP contribution in [-0.2, 0) is 4.79 Å². The van der Waals surface area contributed by atoms with Crippen molar-refractivity contribution in [1.29, 1.82) is 0 Å². The normalized spacial score (nSPS) is 11.1. The van der Waals surface area contributed by atoms with Gasteiger partial charge in [0.1, 0.15) is 0 Å². The van der Waals surface area contributed by atoms with Crippen LogP contribution in [0.15, 0.2) is 47.6 Å². The first kappa shape index (κ1) is 19.7. The highest BCUT2D eigenvalue weighted by molar-refractivity contribution is 14.1. The van der Waals surface area contributed by atoms with Crippen molar-refractivity contribution in [1.82, 2.24) is 5.43 Å². The molecule has 0 saturated carbocycles. The third-order valence-electron chi connectivity index (χ3n) is 3.03. The van der Waals surface area contributed by atoms with Gasteiger partial charge in [0.25, 0.3) is 5.91 Å². The van der Waals surface area contributed by atoms with Crippen LogP contribution in [0, 0.1) is 3.57 Å². The molecule has 8 heteroatoms. The van der Waals surface area contributed by atoms with Crippen molar-refractivity contribution in [3.8, 4) is 0 Å². The zero-order chi connectivity index (χ0) is 18.4. The van der Waals surface area contributed by atoms with Gasteiger partial charge in [0.2, 0.25) is 5.91 Å². The number of nitrogens with one attached hydrogen (secondary N) is 2. The fraction of sp³-hybridized carbons (Fsp3) is 0.118. The molecule has 0 aliphatic rings. The van der Waals surface area contributed by atoms with Crippen LogP contribution in [0.4, 0.5) is 5.69 Å². The summed E-state index contributed by atoms with van der Waals surface area (Å²) in [7, 11) is 0. The first-order valence-electron chi connectivity index (χ1n) is 7.19. The highest BCUT2D eigenvalue weighted by Crippen LogP contribution is 2.22. The molecule has 2 aromatic carbocycles. The van der Waals surface area contributed by atoms with Crippen molar-refractivity contribution in [2.24, 2.45) is 5.10 Å². The molecule has 2 aromatic rings. The molecule has 0 bridgehead atoms. The highest BCUT2D eigenvalue weighted by atomic mass is 127. The Kier molecular flexibility index (Phi) is 7.22. The Balaban J connectivity index is 1.93. The molecule has 0 aromatic heterocycles. The van der Waals surface area contributed by atoms with E-state index in [-0.39, 0.29) is 18.2 Å². The molecule has 2 amide bonds. The van der Waals surface area contributed by atoms with Gasteiger partial charge in [-0.25, -0.2) is 5.43 Å². The molecule has 0 atom stereocenters. The third kappa shape index (κ3) is 6.30. The van der Waals surface area contributed by atoms with Gasteiger partial charge in [0.05, 0.1) is 12.0 Å². The van der Waals surface area contributed by atoms with Gasteiger partial charge >= 0.3 is 0 Å². The second-order valence-corrected chi connectivity index (χ2v) is 7.19. The number of anilines is 1. The Labute approximate surface area is 168 Å². The van der Waals surface area contributed by atoms with Crippen molar-refractivity contribution >= 4 is 69.0 Å². The second kappa shape index (κ2) is 9.17. The van der Waals surface area contributed by atoms with Crippen molar-refractivity contribution in [3.63, 3.8) is 0 Å². The number of hydrogen-bond acceptors (Lipinski definition) is 3. The number of nitrogens with zero attached hydrogens (tertiary/aromatic N) is 1. The summed E-state index contributed by atoms with van der Waals surface area (Å²) in [6.07, 6.45) is 0.0241. The molecular formula is C17H14Cl2IN3O2. The lowest BCUT2D eigenvalue weighted by atomic mass is 10.2. The molecule has 2 rings (SSSR count). The summed E-state index contributed by atoms with van der Waals surface area (Å²) >= 11 is 13.8. The van der Waals surface area contributed by atoms with E-state index in [0.717, 1.165) is 3.57 Å². The van der Waals surface area contributed by atoms with Crippen LogP contribution in [0.1, 0.15) is 23.7 Å². The van der Waals surface area contributed by atoms with Gasteiger partial charge in [-0.15, -0.1) is 0 Å². The number of benzene rings is 2. The number of hydrazone groups is 1. The minimum atomic E-state index is -0.327. The summed E-state index contributed by atoms with van der Waals surface area (Å²) in [5, 5.41) is 7.50. The fourth-order valence-corrected chi connectivity index (χ4v) is 3.11. The summed E-state index contributed by atoms with van der Waals surface area (Å²) in [4.78, 5) is 24.1. The molecule has 0 fully saturated rings. The Hall–Kier alpha value is -1.64. The zero-order valence-electron chi connectivity index (χ0n) is 13.1. The summed E-state index contributed by atoms with van der Waals surface area (Å²) in [5.74, 6) is -0.616. The topological polar surface area (TPSA) is 70.6 Å². The maximum atomic E-state index is 12.1. The summed E-state index contributed by atoms with van der Waals surface area (Å²) in [6.45, 7) is 1.65. The standard InChI is InChI=1S/C17H14Cl2IN3O2/c1-10(22-23-17(25)14-4-2-3-5-15(14)20)6-16(24)21-13-8-11(18)7-12(19)9-13/h2-5,7-9H,6H2,1H3,(H,21,24)(H,23,25)/b22-10+. The van der Waals surface area contributed by atoms with E-state index in [1.54, 1.807) is 37.3 Å². The Morgan fingerprint density at radius 3 is 2.40 bits per heavy atom. The fourth-order valence-electron chi connectivity index (χ4n) is 1.95. The van der Waals surface area contributed by atoms with Crippen molar-refractivity contribution < 1.29 is 9.59 Å². The monoisotopic (exact) mass is 489 g/mol. The molecule has 5 nitrogen and oxygen atoms in total. The van der Waals surface area contributed by atoms with Gasteiger partial charge in [-0.2, -0.15) is 5.10 Å². The van der Waals surface area contributed by atoms with Gasteiger partial charge < -0.3 is 5.32 Å². The number of carbonyl (C=O) groups excluding carboxylic acids is 2. The molecule has 0 unspecified atom stereocenters. The molecule has 0 heterocycles. The SMILES string of the molecule is C/C(CC(=O)Nc1cc(Cl)cc(Cl)c1)=N\NC(=O)c1ccccc1I. The lowest BCUT2D eigenvalue weighted by molar-refractivity contribution is -0.115. The van der Waals surface area contributed by atoms with Gasteiger partial charge in [-0.1, -0.05) is 35.3 Å². The number of amides is 2. The molecule has 130 valence electrons. The average Bonchev–Trinajstić information content (AvgIpc) is 2.51. The molecule has 2 N–H and O–H groups in total. The van der Waals surface area contributed by atoms with E-state index in [1.165, 1.54) is 0 Å². The minimum absolute atomic E-state index is 0.0241. The number of halogens is 3.